The maximum atomic E-state index is 13.3. The van der Waals surface area contributed by atoms with Crippen LogP contribution in [0.25, 0.3) is 0 Å². The molecular formula is C20H18FN5O2. The molecule has 0 bridgehead atoms. The van der Waals surface area contributed by atoms with Crippen molar-refractivity contribution in [3.05, 3.63) is 82.8 Å². The summed E-state index contributed by atoms with van der Waals surface area (Å²) in [7, 11) is 0. The highest BCUT2D eigenvalue weighted by molar-refractivity contribution is 6.04. The zero-order chi connectivity index (χ0) is 19.5. The number of hydrogen-bond donors (Lipinski definition) is 3. The van der Waals surface area contributed by atoms with Gasteiger partial charge in [-0.2, -0.15) is 5.10 Å². The first-order valence-corrected chi connectivity index (χ1v) is 8.80. The second kappa shape index (κ2) is 7.51. The largest absolute Gasteiger partial charge is 0.334 e. The Balaban J connectivity index is 1.38. The van der Waals surface area contributed by atoms with Crippen LogP contribution in [-0.2, 0) is 19.6 Å². The van der Waals surface area contributed by atoms with Crippen LogP contribution in [0, 0.1) is 5.82 Å². The molecule has 1 aliphatic heterocycles. The summed E-state index contributed by atoms with van der Waals surface area (Å²) in [4.78, 5) is 26.4. The van der Waals surface area contributed by atoms with Gasteiger partial charge in [0.2, 0.25) is 0 Å². The second-order valence-corrected chi connectivity index (χ2v) is 6.49. The lowest BCUT2D eigenvalue weighted by atomic mass is 10.2. The fraction of sp³-hybridized carbons (Fsp3) is 0.150. The van der Waals surface area contributed by atoms with Crippen LogP contribution in [0.2, 0.25) is 0 Å². The molecule has 0 saturated heterocycles. The monoisotopic (exact) mass is 379 g/mol. The van der Waals surface area contributed by atoms with Crippen LogP contribution >= 0.6 is 0 Å². The number of carbonyl (C=O) groups excluding carboxylic acids is 2. The molecule has 1 aromatic heterocycles. The van der Waals surface area contributed by atoms with Crippen LogP contribution in [0.15, 0.2) is 54.6 Å². The molecule has 0 saturated carbocycles. The number of carbonyl (C=O) groups is 2. The van der Waals surface area contributed by atoms with E-state index in [4.69, 9.17) is 0 Å². The first-order valence-electron chi connectivity index (χ1n) is 8.80. The molecule has 0 radical (unpaired) electrons. The Morgan fingerprint density at radius 1 is 1.11 bits per heavy atom. The lowest BCUT2D eigenvalue weighted by molar-refractivity contribution is 0.102. The number of halogens is 1. The minimum Gasteiger partial charge on any atom is -0.334 e. The maximum Gasteiger partial charge on any atom is 0.318 e. The molecular weight excluding hydrogens is 361 g/mol. The van der Waals surface area contributed by atoms with Gasteiger partial charge in [-0.05, 0) is 23.8 Å². The highest BCUT2D eigenvalue weighted by Crippen LogP contribution is 2.27. The second-order valence-electron chi connectivity index (χ2n) is 6.49. The van der Waals surface area contributed by atoms with E-state index in [1.807, 2.05) is 30.3 Å². The summed E-state index contributed by atoms with van der Waals surface area (Å²) in [6.07, 6.45) is 0. The average Bonchev–Trinajstić information content (AvgIpc) is 3.29. The summed E-state index contributed by atoms with van der Waals surface area (Å²) >= 11 is 0. The maximum absolute atomic E-state index is 13.3. The number of benzene rings is 2. The Morgan fingerprint density at radius 2 is 1.93 bits per heavy atom. The van der Waals surface area contributed by atoms with Gasteiger partial charge in [0.05, 0.1) is 18.8 Å². The number of urea groups is 1. The summed E-state index contributed by atoms with van der Waals surface area (Å²) in [5.41, 5.74) is 2.73. The van der Waals surface area contributed by atoms with Crippen molar-refractivity contribution in [1.82, 2.24) is 20.4 Å². The molecule has 0 aliphatic carbocycles. The number of hydrogen-bond acceptors (Lipinski definition) is 3. The minimum atomic E-state index is -0.485. The molecule has 3 N–H and O–H groups in total. The van der Waals surface area contributed by atoms with Gasteiger partial charge in [0.1, 0.15) is 5.82 Å². The molecule has 2 heterocycles. The summed E-state index contributed by atoms with van der Waals surface area (Å²) in [5, 5.41) is 12.5. The molecule has 3 amide bonds. The lowest BCUT2D eigenvalue weighted by Crippen LogP contribution is -2.36. The molecule has 0 spiro atoms. The van der Waals surface area contributed by atoms with E-state index in [0.29, 0.717) is 25.5 Å². The van der Waals surface area contributed by atoms with Gasteiger partial charge in [0.25, 0.3) is 5.91 Å². The third-order valence-electron chi connectivity index (χ3n) is 4.54. The highest BCUT2D eigenvalue weighted by Gasteiger charge is 2.28. The quantitative estimate of drug-likeness (QED) is 0.651. The predicted molar refractivity (Wildman–Crippen MR) is 101 cm³/mol. The SMILES string of the molecule is O=C(Nc1n[nH]c2c1CN(C(=O)NCc1ccccc1)C2)c1cccc(F)c1. The fourth-order valence-corrected chi connectivity index (χ4v) is 3.08. The van der Waals surface area contributed by atoms with E-state index in [2.05, 4.69) is 20.8 Å². The van der Waals surface area contributed by atoms with Gasteiger partial charge >= 0.3 is 6.03 Å². The average molecular weight is 379 g/mol. The highest BCUT2D eigenvalue weighted by atomic mass is 19.1. The molecule has 0 fully saturated rings. The number of nitrogens with zero attached hydrogens (tertiary/aromatic N) is 2. The van der Waals surface area contributed by atoms with E-state index in [9.17, 15) is 14.0 Å². The van der Waals surface area contributed by atoms with Gasteiger partial charge in [-0.1, -0.05) is 36.4 Å². The van der Waals surface area contributed by atoms with Crippen molar-refractivity contribution in [2.24, 2.45) is 0 Å². The first-order chi connectivity index (χ1) is 13.6. The fourth-order valence-electron chi connectivity index (χ4n) is 3.08. The van der Waals surface area contributed by atoms with Gasteiger partial charge in [-0.15, -0.1) is 0 Å². The Morgan fingerprint density at radius 3 is 2.71 bits per heavy atom. The number of H-pyrrole nitrogens is 1. The molecule has 28 heavy (non-hydrogen) atoms. The van der Waals surface area contributed by atoms with Crippen molar-refractivity contribution < 1.29 is 14.0 Å². The van der Waals surface area contributed by atoms with Crippen LogP contribution < -0.4 is 10.6 Å². The number of aromatic nitrogens is 2. The Bertz CT molecular complexity index is 1020. The Kier molecular flexibility index (Phi) is 4.76. The summed E-state index contributed by atoms with van der Waals surface area (Å²) in [5.74, 6) is -0.593. The van der Waals surface area contributed by atoms with E-state index in [0.717, 1.165) is 22.9 Å². The van der Waals surface area contributed by atoms with Crippen LogP contribution in [0.1, 0.15) is 27.2 Å². The number of rotatable bonds is 4. The zero-order valence-electron chi connectivity index (χ0n) is 14.9. The normalized spacial score (nSPS) is 12.5. The topological polar surface area (TPSA) is 90.1 Å². The van der Waals surface area contributed by atoms with Crippen molar-refractivity contribution in [3.8, 4) is 0 Å². The van der Waals surface area contributed by atoms with Gasteiger partial charge in [-0.3, -0.25) is 9.89 Å². The molecule has 3 aromatic rings. The van der Waals surface area contributed by atoms with Crippen LogP contribution in [-0.4, -0.2) is 27.0 Å². The van der Waals surface area contributed by atoms with E-state index >= 15 is 0 Å². The van der Waals surface area contributed by atoms with Crippen molar-refractivity contribution in [2.75, 3.05) is 5.32 Å². The van der Waals surface area contributed by atoms with Crippen molar-refractivity contribution in [1.29, 1.82) is 0 Å². The van der Waals surface area contributed by atoms with E-state index < -0.39 is 11.7 Å². The smallest absolute Gasteiger partial charge is 0.318 e. The molecule has 7 nitrogen and oxygen atoms in total. The summed E-state index contributed by atoms with van der Waals surface area (Å²) < 4.78 is 13.3. The molecule has 0 atom stereocenters. The van der Waals surface area contributed by atoms with Crippen molar-refractivity contribution in [2.45, 2.75) is 19.6 Å². The molecule has 1 aliphatic rings. The first kappa shape index (κ1) is 17.7. The molecule has 4 rings (SSSR count). The number of anilines is 1. The number of nitrogens with one attached hydrogen (secondary N) is 3. The zero-order valence-corrected chi connectivity index (χ0v) is 14.9. The van der Waals surface area contributed by atoms with Crippen LogP contribution in [0.5, 0.6) is 0 Å². The number of fused-ring (bicyclic) bond motifs is 1. The van der Waals surface area contributed by atoms with Crippen molar-refractivity contribution in [3.63, 3.8) is 0 Å². The summed E-state index contributed by atoms with van der Waals surface area (Å²) in [6, 6.07) is 14.9. The summed E-state index contributed by atoms with van der Waals surface area (Å²) in [6.45, 7) is 1.13. The molecule has 2 aromatic carbocycles. The lowest BCUT2D eigenvalue weighted by Gasteiger charge is -2.17. The molecule has 8 heteroatoms. The molecule has 142 valence electrons. The Labute approximate surface area is 160 Å². The third-order valence-corrected chi connectivity index (χ3v) is 4.54. The van der Waals surface area contributed by atoms with Gasteiger partial charge in [-0.25, -0.2) is 9.18 Å². The van der Waals surface area contributed by atoms with Gasteiger partial charge in [0, 0.05) is 17.7 Å². The minimum absolute atomic E-state index is 0.198. The van der Waals surface area contributed by atoms with E-state index in [1.54, 1.807) is 4.90 Å². The van der Waals surface area contributed by atoms with Crippen LogP contribution in [0.3, 0.4) is 0 Å². The standard InChI is InChI=1S/C20H18FN5O2/c21-15-8-4-7-14(9-15)19(27)23-18-16-11-26(12-17(16)24-25-18)20(28)22-10-13-5-2-1-3-6-13/h1-9H,10-12H2,(H,22,28)(H2,23,24,25,27). The van der Waals surface area contributed by atoms with Gasteiger partial charge in [0.15, 0.2) is 5.82 Å². The number of amides is 3. The van der Waals surface area contributed by atoms with E-state index in [-0.39, 0.29) is 11.6 Å². The van der Waals surface area contributed by atoms with Crippen LogP contribution in [0.4, 0.5) is 15.0 Å². The van der Waals surface area contributed by atoms with E-state index in [1.165, 1.54) is 18.2 Å². The predicted octanol–water partition coefficient (Wildman–Crippen LogP) is 3.03. The third kappa shape index (κ3) is 3.71. The van der Waals surface area contributed by atoms with Crippen molar-refractivity contribution >= 4 is 17.8 Å². The van der Waals surface area contributed by atoms with Gasteiger partial charge < -0.3 is 15.5 Å². The molecule has 0 unspecified atom stereocenters. The number of aromatic amines is 1. The Hall–Kier alpha value is -3.68.